The molecule has 0 aromatic heterocycles. The van der Waals surface area contributed by atoms with E-state index in [1.165, 1.54) is 44.9 Å². The van der Waals surface area contributed by atoms with Gasteiger partial charge in [-0.1, -0.05) is 53.4 Å². The van der Waals surface area contributed by atoms with Crippen LogP contribution in [0.1, 0.15) is 72.6 Å². The van der Waals surface area contributed by atoms with Crippen molar-refractivity contribution in [3.05, 3.63) is 0 Å². The van der Waals surface area contributed by atoms with Gasteiger partial charge in [-0.05, 0) is 30.3 Å². The molecule has 0 aromatic carbocycles. The topological polar surface area (TPSA) is 0 Å². The second kappa shape index (κ2) is 7.69. The molecular weight excluding hydrogens is 187 g/mol. The average Bonchev–Trinajstić information content (AvgIpc) is 2.23. The lowest BCUT2D eigenvalue weighted by Crippen LogP contribution is -2.29. The molecule has 14 heavy (non-hydrogen) atoms. The van der Waals surface area contributed by atoms with E-state index in [1.807, 2.05) is 0 Å². The first kappa shape index (κ1) is 14.4. The fourth-order valence-electron chi connectivity index (χ4n) is 2.37. The lowest BCUT2D eigenvalue weighted by molar-refractivity contribution is 0.314. The molecule has 0 rings (SSSR count). The van der Waals surface area contributed by atoms with Crippen LogP contribution in [0, 0.1) is 5.92 Å². The maximum absolute atomic E-state index is 3.14. The largest absolute Gasteiger partial charge is 0.131 e. The Labute approximate surface area is 93.4 Å². The number of rotatable bonds is 8. The number of unbranched alkanes of at least 4 members (excludes halogenated alkanes) is 2. The Morgan fingerprint density at radius 1 is 1.00 bits per heavy atom. The van der Waals surface area contributed by atoms with Crippen LogP contribution in [0.5, 0.6) is 0 Å². The predicted molar refractivity (Wildman–Crippen MR) is 70.9 cm³/mol. The van der Waals surface area contributed by atoms with Crippen molar-refractivity contribution in [2.45, 2.75) is 77.8 Å². The van der Waals surface area contributed by atoms with Crippen molar-refractivity contribution in [1.29, 1.82) is 0 Å². The van der Waals surface area contributed by atoms with Gasteiger partial charge in [-0.2, -0.15) is 0 Å². The number of hydrogen-bond acceptors (Lipinski definition) is 0. The fraction of sp³-hybridized carbons (Fsp3) is 1.00. The Hall–Kier alpha value is 0.430. The zero-order chi connectivity index (χ0) is 11.0. The van der Waals surface area contributed by atoms with Gasteiger partial charge >= 0.3 is 0 Å². The average molecular weight is 216 g/mol. The predicted octanol–water partition coefficient (Wildman–Crippen LogP) is 5.03. The van der Waals surface area contributed by atoms with E-state index in [9.17, 15) is 0 Å². The Morgan fingerprint density at radius 3 is 1.93 bits per heavy atom. The van der Waals surface area contributed by atoms with Crippen LogP contribution in [0.15, 0.2) is 0 Å². The molecule has 1 heteroatoms. The standard InChI is InChI=1S/C13H29P/c1-5-9-10-11-12(6-2)13(14,7-3)8-4/h12H,5-11,14H2,1-4H3. The molecule has 0 saturated heterocycles. The summed E-state index contributed by atoms with van der Waals surface area (Å²) in [6.45, 7) is 9.30. The molecule has 0 fully saturated rings. The zero-order valence-electron chi connectivity index (χ0n) is 10.6. The zero-order valence-corrected chi connectivity index (χ0v) is 11.8. The van der Waals surface area contributed by atoms with Crippen LogP contribution in [-0.2, 0) is 0 Å². The van der Waals surface area contributed by atoms with Crippen molar-refractivity contribution in [1.82, 2.24) is 0 Å². The minimum atomic E-state index is 0.516. The molecule has 2 atom stereocenters. The normalized spacial score (nSPS) is 14.4. The monoisotopic (exact) mass is 216 g/mol. The Balaban J connectivity index is 4.08. The minimum absolute atomic E-state index is 0.516. The van der Waals surface area contributed by atoms with E-state index in [-0.39, 0.29) is 0 Å². The third-order valence-corrected chi connectivity index (χ3v) is 5.07. The van der Waals surface area contributed by atoms with Crippen LogP contribution >= 0.6 is 9.24 Å². The Bertz CT molecular complexity index is 127. The van der Waals surface area contributed by atoms with Gasteiger partial charge in [0.15, 0.2) is 0 Å². The van der Waals surface area contributed by atoms with Gasteiger partial charge < -0.3 is 0 Å². The maximum atomic E-state index is 3.14. The molecule has 2 unspecified atom stereocenters. The first-order valence-corrected chi connectivity index (χ1v) is 7.01. The van der Waals surface area contributed by atoms with Crippen molar-refractivity contribution in [2.75, 3.05) is 0 Å². The summed E-state index contributed by atoms with van der Waals surface area (Å²) < 4.78 is 0. The van der Waals surface area contributed by atoms with Crippen molar-refractivity contribution in [3.63, 3.8) is 0 Å². The Kier molecular flexibility index (Phi) is 7.92. The molecule has 86 valence electrons. The van der Waals surface area contributed by atoms with E-state index in [0.717, 1.165) is 5.92 Å². The first-order chi connectivity index (χ1) is 6.64. The summed E-state index contributed by atoms with van der Waals surface area (Å²) in [5.41, 5.74) is 0. The van der Waals surface area contributed by atoms with Gasteiger partial charge in [-0.25, -0.2) is 0 Å². The summed E-state index contributed by atoms with van der Waals surface area (Å²) in [4.78, 5) is 0. The van der Waals surface area contributed by atoms with E-state index in [4.69, 9.17) is 0 Å². The van der Waals surface area contributed by atoms with Crippen LogP contribution < -0.4 is 0 Å². The first-order valence-electron chi connectivity index (χ1n) is 6.43. The summed E-state index contributed by atoms with van der Waals surface area (Å²) in [7, 11) is 3.14. The second-order valence-electron chi connectivity index (χ2n) is 4.54. The van der Waals surface area contributed by atoms with Gasteiger partial charge in [0, 0.05) is 0 Å². The molecule has 0 aromatic rings. The highest BCUT2D eigenvalue weighted by Gasteiger charge is 2.28. The summed E-state index contributed by atoms with van der Waals surface area (Å²) >= 11 is 0. The lowest BCUT2D eigenvalue weighted by atomic mass is 9.81. The molecule has 0 radical (unpaired) electrons. The molecule has 0 bridgehead atoms. The van der Waals surface area contributed by atoms with E-state index in [1.54, 1.807) is 0 Å². The minimum Gasteiger partial charge on any atom is -0.131 e. The smallest absolute Gasteiger partial charge is 0.0127 e. The molecular formula is C13H29P. The van der Waals surface area contributed by atoms with Crippen LogP contribution in [0.3, 0.4) is 0 Å². The van der Waals surface area contributed by atoms with Crippen molar-refractivity contribution in [3.8, 4) is 0 Å². The van der Waals surface area contributed by atoms with E-state index in [2.05, 4.69) is 36.9 Å². The molecule has 0 aliphatic carbocycles. The SMILES string of the molecule is CCCCCC(CC)C(P)(CC)CC. The van der Waals surface area contributed by atoms with Gasteiger partial charge in [0.05, 0.1) is 0 Å². The van der Waals surface area contributed by atoms with Crippen molar-refractivity contribution in [2.24, 2.45) is 5.92 Å². The summed E-state index contributed by atoms with van der Waals surface area (Å²) in [6.07, 6.45) is 9.55. The van der Waals surface area contributed by atoms with Gasteiger partial charge in [-0.3, -0.25) is 0 Å². The van der Waals surface area contributed by atoms with Crippen LogP contribution in [0.25, 0.3) is 0 Å². The highest BCUT2D eigenvalue weighted by Crippen LogP contribution is 2.39. The molecule has 0 nitrogen and oxygen atoms in total. The quantitative estimate of drug-likeness (QED) is 0.394. The third-order valence-electron chi connectivity index (χ3n) is 3.78. The highest BCUT2D eigenvalue weighted by atomic mass is 31.0. The fourth-order valence-corrected chi connectivity index (χ4v) is 2.77. The second-order valence-corrected chi connectivity index (χ2v) is 5.69. The molecule has 0 saturated carbocycles. The molecule has 0 heterocycles. The molecule has 0 aliphatic rings. The molecule has 0 aliphatic heterocycles. The van der Waals surface area contributed by atoms with Gasteiger partial charge in [-0.15, -0.1) is 9.24 Å². The summed E-state index contributed by atoms with van der Waals surface area (Å²) in [5, 5.41) is 0.516. The summed E-state index contributed by atoms with van der Waals surface area (Å²) in [6, 6.07) is 0. The molecule has 0 spiro atoms. The van der Waals surface area contributed by atoms with Crippen LogP contribution in [0.4, 0.5) is 0 Å². The van der Waals surface area contributed by atoms with Gasteiger partial charge in [0.25, 0.3) is 0 Å². The lowest BCUT2D eigenvalue weighted by Gasteiger charge is -2.35. The van der Waals surface area contributed by atoms with E-state index in [0.29, 0.717) is 5.16 Å². The van der Waals surface area contributed by atoms with Crippen LogP contribution in [-0.4, -0.2) is 5.16 Å². The third kappa shape index (κ3) is 4.30. The van der Waals surface area contributed by atoms with Crippen molar-refractivity contribution < 1.29 is 0 Å². The van der Waals surface area contributed by atoms with E-state index >= 15 is 0 Å². The summed E-state index contributed by atoms with van der Waals surface area (Å²) in [5.74, 6) is 0.911. The van der Waals surface area contributed by atoms with Gasteiger partial charge in [0.2, 0.25) is 0 Å². The Morgan fingerprint density at radius 2 is 1.57 bits per heavy atom. The van der Waals surface area contributed by atoms with Gasteiger partial charge in [0.1, 0.15) is 0 Å². The van der Waals surface area contributed by atoms with Crippen LogP contribution in [0.2, 0.25) is 0 Å². The van der Waals surface area contributed by atoms with Crippen molar-refractivity contribution >= 4 is 9.24 Å². The molecule has 0 N–H and O–H groups in total. The highest BCUT2D eigenvalue weighted by molar-refractivity contribution is 7.19. The molecule has 0 amide bonds. The number of hydrogen-bond donors (Lipinski definition) is 0. The maximum Gasteiger partial charge on any atom is -0.0127 e. The van der Waals surface area contributed by atoms with E-state index < -0.39 is 0 Å².